The number of benzene rings is 2. The molecular weight excluding hydrogens is 402 g/mol. The van der Waals surface area contributed by atoms with Crippen molar-refractivity contribution in [2.45, 2.75) is 38.3 Å². The lowest BCUT2D eigenvalue weighted by Crippen LogP contribution is -2.46. The minimum Gasteiger partial charge on any atom is -0.495 e. The molecule has 0 radical (unpaired) electrons. The van der Waals surface area contributed by atoms with Crippen LogP contribution in [-0.2, 0) is 11.2 Å². The molecule has 1 saturated heterocycles. The zero-order valence-electron chi connectivity index (χ0n) is 18.4. The standard InChI is InChI=1S/C26H27N3O3/c1-17-15-28(16-27-17)22-10-9-18(13-24(22)32-2)12-20-7-5-11-29(26(20)31)23-14-19-6-3-4-8-21(19)25(23)30/h3-4,6,8-10,12-13,15-16,23,25,30H,5,7,11,14H2,1-2H3/b20-12+/t23-,25-/m1/s1. The maximum Gasteiger partial charge on any atom is 0.250 e. The van der Waals surface area contributed by atoms with Crippen molar-refractivity contribution in [3.8, 4) is 11.4 Å². The van der Waals surface area contributed by atoms with Gasteiger partial charge in [0.25, 0.3) is 0 Å². The predicted octanol–water partition coefficient (Wildman–Crippen LogP) is 3.85. The molecule has 1 N–H and O–H groups in total. The number of hydrogen-bond acceptors (Lipinski definition) is 4. The Morgan fingerprint density at radius 1 is 1.22 bits per heavy atom. The summed E-state index contributed by atoms with van der Waals surface area (Å²) in [7, 11) is 1.65. The Kier molecular flexibility index (Phi) is 5.31. The van der Waals surface area contributed by atoms with Gasteiger partial charge >= 0.3 is 0 Å². The Labute approximate surface area is 187 Å². The Bertz CT molecular complexity index is 1200. The minimum atomic E-state index is -0.632. The van der Waals surface area contributed by atoms with E-state index >= 15 is 0 Å². The summed E-state index contributed by atoms with van der Waals surface area (Å²) < 4.78 is 7.54. The van der Waals surface area contributed by atoms with Crippen LogP contribution in [0.15, 0.2) is 60.6 Å². The van der Waals surface area contributed by atoms with Crippen molar-refractivity contribution in [2.75, 3.05) is 13.7 Å². The van der Waals surface area contributed by atoms with Crippen LogP contribution in [0.2, 0.25) is 0 Å². The van der Waals surface area contributed by atoms with Gasteiger partial charge in [0.2, 0.25) is 5.91 Å². The molecule has 2 heterocycles. The number of amides is 1. The number of carbonyl (C=O) groups excluding carboxylic acids is 1. The Morgan fingerprint density at radius 3 is 2.81 bits per heavy atom. The fraction of sp³-hybridized carbons (Fsp3) is 0.308. The van der Waals surface area contributed by atoms with E-state index in [0.717, 1.165) is 52.2 Å². The highest BCUT2D eigenvalue weighted by molar-refractivity contribution is 5.99. The van der Waals surface area contributed by atoms with Crippen molar-refractivity contribution < 1.29 is 14.6 Å². The molecule has 0 unspecified atom stereocenters. The molecule has 5 rings (SSSR count). The van der Waals surface area contributed by atoms with Gasteiger partial charge in [0.1, 0.15) is 5.75 Å². The first-order chi connectivity index (χ1) is 15.5. The molecule has 1 aliphatic heterocycles. The van der Waals surface area contributed by atoms with Gasteiger partial charge in [-0.15, -0.1) is 0 Å². The summed E-state index contributed by atoms with van der Waals surface area (Å²) in [4.78, 5) is 19.5. The number of fused-ring (bicyclic) bond motifs is 1. The van der Waals surface area contributed by atoms with E-state index in [2.05, 4.69) is 4.98 Å². The third-order valence-electron chi connectivity index (χ3n) is 6.48. The molecule has 2 atom stereocenters. The van der Waals surface area contributed by atoms with Crippen molar-refractivity contribution in [1.29, 1.82) is 0 Å². The van der Waals surface area contributed by atoms with E-state index in [1.54, 1.807) is 13.4 Å². The summed E-state index contributed by atoms with van der Waals surface area (Å²) in [6.45, 7) is 2.62. The average Bonchev–Trinajstić information content (AvgIpc) is 3.38. The number of ether oxygens (including phenoxy) is 1. The normalized spacial score (nSPS) is 21.8. The average molecular weight is 430 g/mol. The van der Waals surface area contributed by atoms with E-state index in [1.807, 2.05) is 71.1 Å². The first-order valence-electron chi connectivity index (χ1n) is 11.0. The quantitative estimate of drug-likeness (QED) is 0.640. The van der Waals surface area contributed by atoms with E-state index in [4.69, 9.17) is 4.74 Å². The third kappa shape index (κ3) is 3.60. The fourth-order valence-corrected chi connectivity index (χ4v) is 4.87. The number of piperidine rings is 1. The zero-order valence-corrected chi connectivity index (χ0v) is 18.4. The number of hydrogen-bond donors (Lipinski definition) is 1. The second-order valence-corrected chi connectivity index (χ2v) is 8.54. The van der Waals surface area contributed by atoms with Gasteiger partial charge in [-0.3, -0.25) is 4.79 Å². The predicted molar refractivity (Wildman–Crippen MR) is 123 cm³/mol. The molecule has 6 nitrogen and oxygen atoms in total. The summed E-state index contributed by atoms with van der Waals surface area (Å²) in [5, 5.41) is 10.9. The molecule has 0 spiro atoms. The number of aromatic nitrogens is 2. The lowest BCUT2D eigenvalue weighted by molar-refractivity contribution is -0.133. The molecule has 1 aliphatic carbocycles. The molecule has 0 saturated carbocycles. The molecule has 2 aromatic carbocycles. The van der Waals surface area contributed by atoms with Gasteiger partial charge in [-0.25, -0.2) is 4.98 Å². The van der Waals surface area contributed by atoms with Crippen LogP contribution in [0, 0.1) is 6.92 Å². The second-order valence-electron chi connectivity index (χ2n) is 8.54. The second kappa shape index (κ2) is 8.28. The van der Waals surface area contributed by atoms with Gasteiger partial charge < -0.3 is 19.3 Å². The van der Waals surface area contributed by atoms with E-state index in [-0.39, 0.29) is 11.9 Å². The van der Waals surface area contributed by atoms with E-state index in [9.17, 15) is 9.90 Å². The van der Waals surface area contributed by atoms with Crippen molar-refractivity contribution in [3.63, 3.8) is 0 Å². The van der Waals surface area contributed by atoms with Gasteiger partial charge in [0.15, 0.2) is 0 Å². The van der Waals surface area contributed by atoms with Crippen LogP contribution in [-0.4, -0.2) is 45.2 Å². The lowest BCUT2D eigenvalue weighted by Gasteiger charge is -2.35. The van der Waals surface area contributed by atoms with E-state index < -0.39 is 6.10 Å². The van der Waals surface area contributed by atoms with Crippen molar-refractivity contribution in [1.82, 2.24) is 14.5 Å². The smallest absolute Gasteiger partial charge is 0.250 e. The van der Waals surface area contributed by atoms with Crippen molar-refractivity contribution >= 4 is 12.0 Å². The monoisotopic (exact) mass is 429 g/mol. The molecule has 0 bridgehead atoms. The molecule has 6 heteroatoms. The molecule has 32 heavy (non-hydrogen) atoms. The summed E-state index contributed by atoms with van der Waals surface area (Å²) >= 11 is 0. The molecule has 1 aromatic heterocycles. The number of methoxy groups -OCH3 is 1. The van der Waals surface area contributed by atoms with Crippen LogP contribution in [0.5, 0.6) is 5.75 Å². The number of aliphatic hydroxyl groups excluding tert-OH is 1. The van der Waals surface area contributed by atoms with Crippen LogP contribution in [0.1, 0.15) is 41.3 Å². The van der Waals surface area contributed by atoms with Gasteiger partial charge in [-0.1, -0.05) is 30.3 Å². The highest BCUT2D eigenvalue weighted by Crippen LogP contribution is 2.37. The maximum absolute atomic E-state index is 13.4. The first-order valence-corrected chi connectivity index (χ1v) is 11.0. The molecule has 1 fully saturated rings. The first kappa shape index (κ1) is 20.5. The van der Waals surface area contributed by atoms with Crippen LogP contribution >= 0.6 is 0 Å². The number of imidazole rings is 1. The summed E-state index contributed by atoms with van der Waals surface area (Å²) in [5.41, 5.74) is 5.59. The molecular formula is C26H27N3O3. The Balaban J connectivity index is 1.40. The number of aliphatic hydroxyl groups is 1. The topological polar surface area (TPSA) is 67.6 Å². The van der Waals surface area contributed by atoms with Crippen LogP contribution in [0.25, 0.3) is 11.8 Å². The maximum atomic E-state index is 13.4. The van der Waals surface area contributed by atoms with Crippen molar-refractivity contribution in [2.24, 2.45) is 0 Å². The Hall–Kier alpha value is -3.38. The van der Waals surface area contributed by atoms with E-state index in [0.29, 0.717) is 13.0 Å². The summed E-state index contributed by atoms with van der Waals surface area (Å²) in [6.07, 6.45) is 7.35. The number of nitrogens with zero attached hydrogens (tertiary/aromatic N) is 3. The zero-order chi connectivity index (χ0) is 22.2. The van der Waals surface area contributed by atoms with Gasteiger partial charge in [-0.2, -0.15) is 0 Å². The largest absolute Gasteiger partial charge is 0.495 e. The highest BCUT2D eigenvalue weighted by atomic mass is 16.5. The van der Waals surface area contributed by atoms with Crippen LogP contribution in [0.3, 0.4) is 0 Å². The minimum absolute atomic E-state index is 0.0152. The van der Waals surface area contributed by atoms with Crippen molar-refractivity contribution in [3.05, 3.63) is 82.9 Å². The van der Waals surface area contributed by atoms with Gasteiger partial charge in [0, 0.05) is 18.3 Å². The summed E-state index contributed by atoms with van der Waals surface area (Å²) in [6, 6.07) is 13.6. The van der Waals surface area contributed by atoms with Gasteiger partial charge in [0.05, 0.1) is 37.0 Å². The fourth-order valence-electron chi connectivity index (χ4n) is 4.87. The number of aryl methyl sites for hydroxylation is 1. The summed E-state index contributed by atoms with van der Waals surface area (Å²) in [5.74, 6) is 0.736. The SMILES string of the molecule is COc1cc(/C=C2\CCCN([C@@H]3Cc4ccccc4[C@H]3O)C2=O)ccc1-n1cnc(C)c1. The van der Waals surface area contributed by atoms with Crippen LogP contribution in [0.4, 0.5) is 0 Å². The molecule has 2 aliphatic rings. The van der Waals surface area contributed by atoms with E-state index in [1.165, 1.54) is 0 Å². The lowest BCUT2D eigenvalue weighted by atomic mass is 9.97. The third-order valence-corrected chi connectivity index (χ3v) is 6.48. The highest BCUT2D eigenvalue weighted by Gasteiger charge is 2.39. The molecule has 1 amide bonds. The van der Waals surface area contributed by atoms with Gasteiger partial charge in [-0.05, 0) is 61.1 Å². The Morgan fingerprint density at radius 2 is 2.06 bits per heavy atom. The number of carbonyl (C=O) groups is 1. The number of likely N-dealkylation sites (tertiary alicyclic amines) is 1. The number of rotatable bonds is 4. The molecule has 3 aromatic rings. The van der Waals surface area contributed by atoms with Crippen LogP contribution < -0.4 is 4.74 Å². The molecule has 164 valence electrons.